The summed E-state index contributed by atoms with van der Waals surface area (Å²) >= 11 is 0. The molecule has 0 aliphatic heterocycles. The van der Waals surface area contributed by atoms with E-state index in [9.17, 15) is 9.59 Å². The Kier molecular flexibility index (Phi) is 8.46. The van der Waals surface area contributed by atoms with Crippen LogP contribution in [0.1, 0.15) is 32.1 Å². The van der Waals surface area contributed by atoms with E-state index in [2.05, 4.69) is 4.74 Å². The Bertz CT molecular complexity index is 215. The second-order valence-corrected chi connectivity index (χ2v) is 3.47. The van der Waals surface area contributed by atoms with Crippen LogP contribution in [0.2, 0.25) is 0 Å². The predicted molar refractivity (Wildman–Crippen MR) is 54.8 cm³/mol. The van der Waals surface area contributed by atoms with Gasteiger partial charge in [0.2, 0.25) is 0 Å². The number of unbranched alkanes of at least 4 members (excludes halogenated alkanes) is 2. The SMILES string of the molecule is O=C(O)CCCCCC(=O)OCC(O)CO. The van der Waals surface area contributed by atoms with E-state index < -0.39 is 24.6 Å². The Balaban J connectivity index is 3.33. The number of carboxylic acid groups (broad SMARTS) is 1. The monoisotopic (exact) mass is 234 g/mol. The Hall–Kier alpha value is -1.14. The highest BCUT2D eigenvalue weighted by Gasteiger charge is 2.07. The topological polar surface area (TPSA) is 104 Å². The molecule has 0 radical (unpaired) electrons. The van der Waals surface area contributed by atoms with Gasteiger partial charge in [0, 0.05) is 12.8 Å². The molecule has 0 heterocycles. The highest BCUT2D eigenvalue weighted by atomic mass is 16.5. The van der Waals surface area contributed by atoms with E-state index in [-0.39, 0.29) is 19.4 Å². The number of carbonyl (C=O) groups is 2. The molecule has 16 heavy (non-hydrogen) atoms. The first-order valence-corrected chi connectivity index (χ1v) is 5.22. The predicted octanol–water partition coefficient (Wildman–Crippen LogP) is -0.0821. The molecule has 1 unspecified atom stereocenters. The van der Waals surface area contributed by atoms with Crippen molar-refractivity contribution in [2.75, 3.05) is 13.2 Å². The maximum absolute atomic E-state index is 11.0. The van der Waals surface area contributed by atoms with E-state index in [0.717, 1.165) is 0 Å². The molecule has 6 heteroatoms. The van der Waals surface area contributed by atoms with Gasteiger partial charge >= 0.3 is 11.9 Å². The van der Waals surface area contributed by atoms with Crippen LogP contribution in [0.25, 0.3) is 0 Å². The molecule has 0 saturated heterocycles. The number of hydrogen-bond acceptors (Lipinski definition) is 5. The van der Waals surface area contributed by atoms with Crippen molar-refractivity contribution in [1.82, 2.24) is 0 Å². The van der Waals surface area contributed by atoms with Crippen molar-refractivity contribution < 1.29 is 29.6 Å². The van der Waals surface area contributed by atoms with Crippen molar-refractivity contribution in [3.8, 4) is 0 Å². The van der Waals surface area contributed by atoms with Crippen LogP contribution in [0.4, 0.5) is 0 Å². The van der Waals surface area contributed by atoms with Gasteiger partial charge in [0.05, 0.1) is 6.61 Å². The number of esters is 1. The van der Waals surface area contributed by atoms with Gasteiger partial charge in [-0.25, -0.2) is 0 Å². The number of carboxylic acids is 1. The third kappa shape index (κ3) is 9.42. The summed E-state index contributed by atoms with van der Waals surface area (Å²) in [4.78, 5) is 21.2. The minimum atomic E-state index is -1.03. The largest absolute Gasteiger partial charge is 0.481 e. The van der Waals surface area contributed by atoms with E-state index >= 15 is 0 Å². The summed E-state index contributed by atoms with van der Waals surface area (Å²) in [6.45, 7) is -0.643. The molecule has 1 atom stereocenters. The van der Waals surface area contributed by atoms with Crippen LogP contribution in [0.3, 0.4) is 0 Å². The summed E-state index contributed by atoms with van der Waals surface area (Å²) in [5, 5.41) is 25.7. The van der Waals surface area contributed by atoms with Crippen molar-refractivity contribution in [1.29, 1.82) is 0 Å². The Morgan fingerprint density at radius 1 is 1.12 bits per heavy atom. The molecule has 0 rings (SSSR count). The lowest BCUT2D eigenvalue weighted by atomic mass is 10.1. The minimum Gasteiger partial charge on any atom is -0.481 e. The first kappa shape index (κ1) is 14.9. The molecule has 0 spiro atoms. The highest BCUT2D eigenvalue weighted by molar-refractivity contribution is 5.69. The molecule has 0 amide bonds. The maximum Gasteiger partial charge on any atom is 0.305 e. The number of aliphatic hydroxyl groups excluding tert-OH is 2. The Labute approximate surface area is 93.8 Å². The second-order valence-electron chi connectivity index (χ2n) is 3.47. The molecule has 0 saturated carbocycles. The summed E-state index contributed by atoms with van der Waals surface area (Å²) in [5.41, 5.74) is 0. The smallest absolute Gasteiger partial charge is 0.305 e. The standard InChI is InChI=1S/C10H18O6/c11-6-8(12)7-16-10(15)5-3-1-2-4-9(13)14/h8,11-12H,1-7H2,(H,13,14). The van der Waals surface area contributed by atoms with Gasteiger partial charge in [0.15, 0.2) is 0 Å². The lowest BCUT2D eigenvalue weighted by molar-refractivity contribution is -0.147. The van der Waals surface area contributed by atoms with Crippen molar-refractivity contribution in [3.63, 3.8) is 0 Å². The van der Waals surface area contributed by atoms with Crippen LogP contribution >= 0.6 is 0 Å². The molecule has 6 nitrogen and oxygen atoms in total. The number of aliphatic hydroxyl groups is 2. The molecule has 3 N–H and O–H groups in total. The molecule has 0 aromatic heterocycles. The summed E-state index contributed by atoms with van der Waals surface area (Å²) < 4.78 is 4.66. The molecule has 0 aromatic carbocycles. The highest BCUT2D eigenvalue weighted by Crippen LogP contribution is 2.04. The molecule has 0 aliphatic rings. The van der Waals surface area contributed by atoms with Gasteiger partial charge in [-0.2, -0.15) is 0 Å². The van der Waals surface area contributed by atoms with Gasteiger partial charge in [-0.15, -0.1) is 0 Å². The fourth-order valence-corrected chi connectivity index (χ4v) is 1.04. The zero-order chi connectivity index (χ0) is 12.4. The van der Waals surface area contributed by atoms with Crippen molar-refractivity contribution in [2.45, 2.75) is 38.2 Å². The molecule has 0 aromatic rings. The Morgan fingerprint density at radius 2 is 1.75 bits per heavy atom. The summed E-state index contributed by atoms with van der Waals surface area (Å²) in [7, 11) is 0. The zero-order valence-electron chi connectivity index (χ0n) is 9.09. The van der Waals surface area contributed by atoms with E-state index in [4.69, 9.17) is 15.3 Å². The second kappa shape index (κ2) is 9.11. The molecular formula is C10H18O6. The first-order chi connectivity index (χ1) is 7.56. The third-order valence-electron chi connectivity index (χ3n) is 1.92. The van der Waals surface area contributed by atoms with E-state index in [1.807, 2.05) is 0 Å². The van der Waals surface area contributed by atoms with Gasteiger partial charge < -0.3 is 20.1 Å². The van der Waals surface area contributed by atoms with Crippen molar-refractivity contribution in [2.24, 2.45) is 0 Å². The molecule has 94 valence electrons. The maximum atomic E-state index is 11.0. The van der Waals surface area contributed by atoms with Crippen LogP contribution in [0, 0.1) is 0 Å². The van der Waals surface area contributed by atoms with Crippen molar-refractivity contribution in [3.05, 3.63) is 0 Å². The van der Waals surface area contributed by atoms with Gasteiger partial charge in [0.1, 0.15) is 12.7 Å². The summed E-state index contributed by atoms with van der Waals surface area (Å²) in [5.74, 6) is -1.28. The fraction of sp³-hybridized carbons (Fsp3) is 0.800. The number of aliphatic carboxylic acids is 1. The van der Waals surface area contributed by atoms with Crippen LogP contribution in [0.5, 0.6) is 0 Å². The molecule has 0 bridgehead atoms. The number of ether oxygens (including phenoxy) is 1. The van der Waals surface area contributed by atoms with Crippen LogP contribution < -0.4 is 0 Å². The van der Waals surface area contributed by atoms with Crippen LogP contribution in [-0.2, 0) is 14.3 Å². The van der Waals surface area contributed by atoms with Gasteiger partial charge in [-0.3, -0.25) is 9.59 Å². The number of rotatable bonds is 9. The lowest BCUT2D eigenvalue weighted by Crippen LogP contribution is -2.21. The Morgan fingerprint density at radius 3 is 2.31 bits per heavy atom. The van der Waals surface area contributed by atoms with E-state index in [1.165, 1.54) is 0 Å². The quantitative estimate of drug-likeness (QED) is 0.380. The first-order valence-electron chi connectivity index (χ1n) is 5.22. The van der Waals surface area contributed by atoms with E-state index in [1.54, 1.807) is 0 Å². The number of hydrogen-bond donors (Lipinski definition) is 3. The summed E-state index contributed by atoms with van der Waals surface area (Å²) in [6.07, 6.45) is 1.05. The molecule has 0 aliphatic carbocycles. The van der Waals surface area contributed by atoms with Crippen molar-refractivity contribution >= 4 is 11.9 Å². The average molecular weight is 234 g/mol. The normalized spacial score (nSPS) is 12.1. The average Bonchev–Trinajstić information content (AvgIpc) is 2.24. The molecular weight excluding hydrogens is 216 g/mol. The van der Waals surface area contributed by atoms with E-state index in [0.29, 0.717) is 19.3 Å². The zero-order valence-corrected chi connectivity index (χ0v) is 9.09. The molecule has 0 fully saturated rings. The van der Waals surface area contributed by atoms with Crippen LogP contribution in [-0.4, -0.2) is 46.6 Å². The summed E-state index contributed by atoms with van der Waals surface area (Å²) in [6, 6.07) is 0. The number of carbonyl (C=O) groups excluding carboxylic acids is 1. The lowest BCUT2D eigenvalue weighted by Gasteiger charge is -2.08. The van der Waals surface area contributed by atoms with Crippen LogP contribution in [0.15, 0.2) is 0 Å². The third-order valence-corrected chi connectivity index (χ3v) is 1.92. The minimum absolute atomic E-state index is 0.109. The van der Waals surface area contributed by atoms with Gasteiger partial charge in [-0.1, -0.05) is 6.42 Å². The van der Waals surface area contributed by atoms with Gasteiger partial charge in [0.25, 0.3) is 0 Å². The fourth-order valence-electron chi connectivity index (χ4n) is 1.04. The van der Waals surface area contributed by atoms with Gasteiger partial charge in [-0.05, 0) is 12.8 Å².